The molecule has 0 saturated carbocycles. The molecule has 0 aliphatic carbocycles. The molecule has 0 amide bonds. The van der Waals surface area contributed by atoms with Crippen molar-refractivity contribution in [2.24, 2.45) is 11.7 Å². The van der Waals surface area contributed by atoms with E-state index in [4.69, 9.17) is 10.5 Å². The van der Waals surface area contributed by atoms with Crippen molar-refractivity contribution in [1.29, 1.82) is 0 Å². The lowest BCUT2D eigenvalue weighted by Gasteiger charge is -2.10. The number of pyridine rings is 1. The number of hydrogen-bond acceptors (Lipinski definition) is 3. The molecule has 3 heteroatoms. The number of aromatic nitrogens is 1. The lowest BCUT2D eigenvalue weighted by atomic mass is 10.1. The predicted octanol–water partition coefficient (Wildman–Crippen LogP) is 2.49. The summed E-state index contributed by atoms with van der Waals surface area (Å²) >= 11 is 0. The first-order valence-corrected chi connectivity index (χ1v) is 5.97. The highest BCUT2D eigenvalue weighted by atomic mass is 16.5. The van der Waals surface area contributed by atoms with Gasteiger partial charge in [0.15, 0.2) is 0 Å². The third kappa shape index (κ3) is 4.73. The fourth-order valence-corrected chi connectivity index (χ4v) is 1.68. The Kier molecular flexibility index (Phi) is 6.04. The molecular weight excluding hydrogens is 200 g/mol. The zero-order valence-corrected chi connectivity index (χ0v) is 10.3. The summed E-state index contributed by atoms with van der Waals surface area (Å²) in [5.74, 6) is 0.640. The van der Waals surface area contributed by atoms with Crippen molar-refractivity contribution in [3.05, 3.63) is 29.6 Å². The first-order valence-electron chi connectivity index (χ1n) is 5.97. The normalized spacial score (nSPS) is 12.7. The van der Waals surface area contributed by atoms with E-state index < -0.39 is 0 Å². The maximum absolute atomic E-state index is 5.66. The Balaban J connectivity index is 2.31. The van der Waals surface area contributed by atoms with Crippen molar-refractivity contribution in [2.75, 3.05) is 6.61 Å². The fourth-order valence-electron chi connectivity index (χ4n) is 1.68. The molecule has 3 nitrogen and oxygen atoms in total. The van der Waals surface area contributed by atoms with Crippen LogP contribution in [-0.2, 0) is 17.9 Å². The quantitative estimate of drug-likeness (QED) is 0.771. The molecule has 2 N–H and O–H groups in total. The van der Waals surface area contributed by atoms with Crippen molar-refractivity contribution in [3.63, 3.8) is 0 Å². The van der Waals surface area contributed by atoms with Gasteiger partial charge in [0.1, 0.15) is 0 Å². The molecule has 0 fully saturated rings. The maximum Gasteiger partial charge on any atom is 0.0718 e. The van der Waals surface area contributed by atoms with Crippen molar-refractivity contribution in [1.82, 2.24) is 4.98 Å². The highest BCUT2D eigenvalue weighted by Crippen LogP contribution is 2.08. The van der Waals surface area contributed by atoms with Gasteiger partial charge < -0.3 is 10.5 Å². The van der Waals surface area contributed by atoms with E-state index in [2.05, 4.69) is 18.8 Å². The molecule has 1 unspecified atom stereocenters. The molecule has 1 rings (SSSR count). The zero-order chi connectivity index (χ0) is 11.8. The smallest absolute Gasteiger partial charge is 0.0718 e. The standard InChI is InChI=1S/C13H22N2O/c1-3-4-11(2)9-16-10-12-5-6-15-13(7-12)8-14/h5-7,11H,3-4,8-10,14H2,1-2H3. The topological polar surface area (TPSA) is 48.1 Å². The summed E-state index contributed by atoms with van der Waals surface area (Å²) in [5.41, 5.74) is 7.60. The van der Waals surface area contributed by atoms with Gasteiger partial charge in [0.05, 0.1) is 12.3 Å². The average Bonchev–Trinajstić information content (AvgIpc) is 2.30. The zero-order valence-electron chi connectivity index (χ0n) is 10.3. The number of ether oxygens (including phenoxy) is 1. The van der Waals surface area contributed by atoms with E-state index in [1.54, 1.807) is 6.20 Å². The van der Waals surface area contributed by atoms with Crippen LogP contribution in [0.2, 0.25) is 0 Å². The number of nitrogens with two attached hydrogens (primary N) is 1. The first kappa shape index (κ1) is 13.1. The van der Waals surface area contributed by atoms with Gasteiger partial charge in [-0.25, -0.2) is 0 Å². The van der Waals surface area contributed by atoms with Gasteiger partial charge in [0, 0.05) is 19.3 Å². The van der Waals surface area contributed by atoms with Crippen LogP contribution in [0.1, 0.15) is 37.9 Å². The van der Waals surface area contributed by atoms with E-state index in [0.717, 1.165) is 17.9 Å². The van der Waals surface area contributed by atoms with Crippen molar-refractivity contribution in [2.45, 2.75) is 39.8 Å². The lowest BCUT2D eigenvalue weighted by molar-refractivity contribution is 0.0892. The molecule has 0 aliphatic rings. The summed E-state index contributed by atoms with van der Waals surface area (Å²) in [6.45, 7) is 6.39. The second kappa shape index (κ2) is 7.36. The molecule has 0 bridgehead atoms. The van der Waals surface area contributed by atoms with E-state index in [0.29, 0.717) is 19.1 Å². The number of hydrogen-bond donors (Lipinski definition) is 1. The number of nitrogens with zero attached hydrogens (tertiary/aromatic N) is 1. The Bertz CT molecular complexity index is 302. The van der Waals surface area contributed by atoms with Crippen LogP contribution in [0.5, 0.6) is 0 Å². The van der Waals surface area contributed by atoms with Gasteiger partial charge in [0.2, 0.25) is 0 Å². The molecule has 0 aliphatic heterocycles. The predicted molar refractivity (Wildman–Crippen MR) is 65.9 cm³/mol. The van der Waals surface area contributed by atoms with E-state index >= 15 is 0 Å². The third-order valence-corrected chi connectivity index (χ3v) is 2.54. The van der Waals surface area contributed by atoms with Gasteiger partial charge in [0.25, 0.3) is 0 Å². The Labute approximate surface area is 98.0 Å². The van der Waals surface area contributed by atoms with Gasteiger partial charge in [-0.2, -0.15) is 0 Å². The summed E-state index contributed by atoms with van der Waals surface area (Å²) in [5, 5.41) is 0. The monoisotopic (exact) mass is 222 g/mol. The summed E-state index contributed by atoms with van der Waals surface area (Å²) < 4.78 is 5.66. The lowest BCUT2D eigenvalue weighted by Crippen LogP contribution is -2.06. The molecule has 1 aromatic rings. The van der Waals surface area contributed by atoms with Crippen LogP contribution >= 0.6 is 0 Å². The molecule has 1 atom stereocenters. The van der Waals surface area contributed by atoms with Crippen LogP contribution < -0.4 is 5.73 Å². The largest absolute Gasteiger partial charge is 0.376 e. The van der Waals surface area contributed by atoms with Gasteiger partial charge in [-0.3, -0.25) is 4.98 Å². The summed E-state index contributed by atoms with van der Waals surface area (Å²) in [7, 11) is 0. The second-order valence-electron chi connectivity index (χ2n) is 4.27. The third-order valence-electron chi connectivity index (χ3n) is 2.54. The van der Waals surface area contributed by atoms with Crippen molar-refractivity contribution < 1.29 is 4.74 Å². The van der Waals surface area contributed by atoms with Crippen LogP contribution in [-0.4, -0.2) is 11.6 Å². The van der Waals surface area contributed by atoms with E-state index in [1.807, 2.05) is 12.1 Å². The van der Waals surface area contributed by atoms with E-state index in [9.17, 15) is 0 Å². The van der Waals surface area contributed by atoms with Crippen LogP contribution in [0.4, 0.5) is 0 Å². The van der Waals surface area contributed by atoms with Gasteiger partial charge >= 0.3 is 0 Å². The van der Waals surface area contributed by atoms with Crippen LogP contribution in [0.3, 0.4) is 0 Å². The first-order chi connectivity index (χ1) is 7.76. The summed E-state index contributed by atoms with van der Waals surface area (Å²) in [6.07, 6.45) is 4.23. The molecular formula is C13H22N2O. The average molecular weight is 222 g/mol. The Morgan fingerprint density at radius 1 is 1.50 bits per heavy atom. The van der Waals surface area contributed by atoms with Crippen LogP contribution in [0, 0.1) is 5.92 Å². The Morgan fingerprint density at radius 2 is 2.31 bits per heavy atom. The molecule has 0 saturated heterocycles. The summed E-state index contributed by atoms with van der Waals surface area (Å²) in [6, 6.07) is 3.98. The highest BCUT2D eigenvalue weighted by Gasteiger charge is 2.01. The van der Waals surface area contributed by atoms with Gasteiger partial charge in [-0.05, 0) is 30.0 Å². The van der Waals surface area contributed by atoms with E-state index in [1.165, 1.54) is 12.8 Å². The molecule has 1 heterocycles. The molecule has 16 heavy (non-hydrogen) atoms. The maximum atomic E-state index is 5.66. The number of rotatable bonds is 7. The summed E-state index contributed by atoms with van der Waals surface area (Å²) in [4.78, 5) is 4.15. The van der Waals surface area contributed by atoms with E-state index in [-0.39, 0.29) is 0 Å². The fraction of sp³-hybridized carbons (Fsp3) is 0.615. The molecule has 90 valence electrons. The molecule has 0 aromatic carbocycles. The van der Waals surface area contributed by atoms with Gasteiger partial charge in [-0.15, -0.1) is 0 Å². The van der Waals surface area contributed by atoms with Crippen LogP contribution in [0.15, 0.2) is 18.3 Å². The van der Waals surface area contributed by atoms with Crippen LogP contribution in [0.25, 0.3) is 0 Å². The minimum atomic E-state index is 0.486. The van der Waals surface area contributed by atoms with Gasteiger partial charge in [-0.1, -0.05) is 20.3 Å². The van der Waals surface area contributed by atoms with Crippen molar-refractivity contribution in [3.8, 4) is 0 Å². The minimum absolute atomic E-state index is 0.486. The highest BCUT2D eigenvalue weighted by molar-refractivity contribution is 5.15. The minimum Gasteiger partial charge on any atom is -0.376 e. The second-order valence-corrected chi connectivity index (χ2v) is 4.27. The molecule has 1 aromatic heterocycles. The Morgan fingerprint density at radius 3 is 3.00 bits per heavy atom. The van der Waals surface area contributed by atoms with Crippen molar-refractivity contribution >= 4 is 0 Å². The SMILES string of the molecule is CCCC(C)COCc1ccnc(CN)c1. The molecule has 0 spiro atoms. The molecule has 0 radical (unpaired) electrons. The Hall–Kier alpha value is -0.930.